The van der Waals surface area contributed by atoms with Crippen LogP contribution in [0.15, 0.2) is 64.1 Å². The number of aromatic amines is 1. The van der Waals surface area contributed by atoms with Crippen molar-refractivity contribution in [3.63, 3.8) is 0 Å². The number of hydrogen-bond acceptors (Lipinski definition) is 2. The van der Waals surface area contributed by atoms with Gasteiger partial charge < -0.3 is 4.98 Å². The molecule has 1 N–H and O–H groups in total. The van der Waals surface area contributed by atoms with Crippen LogP contribution in [-0.4, -0.2) is 16.5 Å². The lowest BCUT2D eigenvalue weighted by Gasteiger charge is -2.00. The van der Waals surface area contributed by atoms with E-state index in [-0.39, 0.29) is 5.78 Å². The van der Waals surface area contributed by atoms with Crippen molar-refractivity contribution in [1.82, 2.24) is 4.98 Å². The zero-order chi connectivity index (χ0) is 13.9. The van der Waals surface area contributed by atoms with Crippen LogP contribution in [0, 0.1) is 0 Å². The Morgan fingerprint density at radius 1 is 1.10 bits per heavy atom. The topological polar surface area (TPSA) is 32.9 Å². The quantitative estimate of drug-likeness (QED) is 0.538. The van der Waals surface area contributed by atoms with E-state index in [1.807, 2.05) is 42.5 Å². The maximum absolute atomic E-state index is 12.1. The standard InChI is InChI=1S/C16H12BrNOS/c17-13-7-5-11(6-8-13)15(19)10-20-16-9-12-3-1-2-4-14(12)18-16/h1-9,18H,10H2. The lowest BCUT2D eigenvalue weighted by Crippen LogP contribution is -2.01. The summed E-state index contributed by atoms with van der Waals surface area (Å²) in [5.41, 5.74) is 1.85. The molecule has 0 radical (unpaired) electrons. The van der Waals surface area contributed by atoms with Gasteiger partial charge in [0.2, 0.25) is 0 Å². The van der Waals surface area contributed by atoms with Gasteiger partial charge in [0.1, 0.15) is 0 Å². The van der Waals surface area contributed by atoms with Crippen molar-refractivity contribution in [3.05, 3.63) is 64.6 Å². The van der Waals surface area contributed by atoms with Crippen LogP contribution in [0.1, 0.15) is 10.4 Å². The number of H-pyrrole nitrogens is 1. The largest absolute Gasteiger partial charge is 0.350 e. The highest BCUT2D eigenvalue weighted by Gasteiger charge is 2.08. The molecule has 3 rings (SSSR count). The number of Topliss-reactive ketones (excluding diaryl/α,β-unsaturated/α-hetero) is 1. The van der Waals surface area contributed by atoms with Gasteiger partial charge in [-0.05, 0) is 24.3 Å². The minimum atomic E-state index is 0.140. The van der Waals surface area contributed by atoms with E-state index in [9.17, 15) is 4.79 Å². The van der Waals surface area contributed by atoms with Gasteiger partial charge in [-0.3, -0.25) is 4.79 Å². The molecule has 0 atom stereocenters. The van der Waals surface area contributed by atoms with Gasteiger partial charge in [-0.25, -0.2) is 0 Å². The summed E-state index contributed by atoms with van der Waals surface area (Å²) in [4.78, 5) is 15.4. The molecule has 0 bridgehead atoms. The van der Waals surface area contributed by atoms with Crippen LogP contribution in [0.3, 0.4) is 0 Å². The second kappa shape index (κ2) is 5.85. The predicted molar refractivity (Wildman–Crippen MR) is 87.5 cm³/mol. The van der Waals surface area contributed by atoms with Gasteiger partial charge >= 0.3 is 0 Å². The van der Waals surface area contributed by atoms with Crippen LogP contribution in [-0.2, 0) is 0 Å². The molecule has 2 aromatic carbocycles. The molecule has 3 aromatic rings. The lowest BCUT2D eigenvalue weighted by molar-refractivity contribution is 0.102. The third-order valence-corrected chi connectivity index (χ3v) is 4.50. The molecule has 20 heavy (non-hydrogen) atoms. The first kappa shape index (κ1) is 13.5. The molecule has 1 heterocycles. The molecule has 4 heteroatoms. The van der Waals surface area contributed by atoms with Gasteiger partial charge in [0.05, 0.1) is 10.8 Å². The normalized spacial score (nSPS) is 10.8. The first-order chi connectivity index (χ1) is 9.72. The van der Waals surface area contributed by atoms with Crippen molar-refractivity contribution in [2.45, 2.75) is 5.03 Å². The Hall–Kier alpha value is -1.52. The molecule has 0 aliphatic carbocycles. The first-order valence-corrected chi connectivity index (χ1v) is 7.99. The van der Waals surface area contributed by atoms with Gasteiger partial charge in [-0.1, -0.05) is 46.3 Å². The van der Waals surface area contributed by atoms with E-state index < -0.39 is 0 Å². The number of ketones is 1. The Kier molecular flexibility index (Phi) is 3.94. The zero-order valence-electron chi connectivity index (χ0n) is 10.6. The smallest absolute Gasteiger partial charge is 0.173 e. The highest BCUT2D eigenvalue weighted by Crippen LogP contribution is 2.24. The van der Waals surface area contributed by atoms with Crippen LogP contribution < -0.4 is 0 Å². The molecule has 0 saturated carbocycles. The van der Waals surface area contributed by atoms with E-state index in [4.69, 9.17) is 0 Å². The Morgan fingerprint density at radius 2 is 1.85 bits per heavy atom. The zero-order valence-corrected chi connectivity index (χ0v) is 13.0. The molecule has 1 aromatic heterocycles. The van der Waals surface area contributed by atoms with Gasteiger partial charge in [0.15, 0.2) is 5.78 Å². The fourth-order valence-corrected chi connectivity index (χ4v) is 3.10. The average molecular weight is 346 g/mol. The number of fused-ring (bicyclic) bond motifs is 1. The summed E-state index contributed by atoms with van der Waals surface area (Å²) in [7, 11) is 0. The number of thioether (sulfide) groups is 1. The molecular formula is C16H12BrNOS. The van der Waals surface area contributed by atoms with E-state index in [0.29, 0.717) is 5.75 Å². The monoisotopic (exact) mass is 345 g/mol. The van der Waals surface area contributed by atoms with Crippen molar-refractivity contribution >= 4 is 44.4 Å². The molecular weight excluding hydrogens is 334 g/mol. The van der Waals surface area contributed by atoms with Crippen molar-refractivity contribution < 1.29 is 4.79 Å². The van der Waals surface area contributed by atoms with Crippen molar-refractivity contribution in [2.24, 2.45) is 0 Å². The molecule has 2 nitrogen and oxygen atoms in total. The second-order valence-electron chi connectivity index (χ2n) is 4.44. The highest BCUT2D eigenvalue weighted by molar-refractivity contribution is 9.10. The van der Waals surface area contributed by atoms with Gasteiger partial charge in [-0.2, -0.15) is 0 Å². The number of nitrogens with one attached hydrogen (secondary N) is 1. The van der Waals surface area contributed by atoms with Crippen molar-refractivity contribution in [2.75, 3.05) is 5.75 Å². The maximum Gasteiger partial charge on any atom is 0.173 e. The van der Waals surface area contributed by atoms with Crippen molar-refractivity contribution in [1.29, 1.82) is 0 Å². The fraction of sp³-hybridized carbons (Fsp3) is 0.0625. The molecule has 0 fully saturated rings. The first-order valence-electron chi connectivity index (χ1n) is 6.22. The molecule has 0 spiro atoms. The Labute approximate surface area is 129 Å². The van der Waals surface area contributed by atoms with Crippen LogP contribution in [0.4, 0.5) is 0 Å². The molecule has 0 amide bonds. The summed E-state index contributed by atoms with van der Waals surface area (Å²) < 4.78 is 0.984. The molecule has 0 unspecified atom stereocenters. The van der Waals surface area contributed by atoms with E-state index in [0.717, 1.165) is 20.6 Å². The number of aromatic nitrogens is 1. The van der Waals surface area contributed by atoms with Crippen molar-refractivity contribution in [3.8, 4) is 0 Å². The summed E-state index contributed by atoms with van der Waals surface area (Å²) >= 11 is 4.90. The van der Waals surface area contributed by atoms with Crippen LogP contribution in [0.2, 0.25) is 0 Å². The Morgan fingerprint density at radius 3 is 2.60 bits per heavy atom. The molecule has 100 valence electrons. The number of hydrogen-bond donors (Lipinski definition) is 1. The second-order valence-corrected chi connectivity index (χ2v) is 6.37. The van der Waals surface area contributed by atoms with E-state index in [1.165, 1.54) is 17.1 Å². The fourth-order valence-electron chi connectivity index (χ4n) is 1.99. The summed E-state index contributed by atoms with van der Waals surface area (Å²) in [5, 5.41) is 2.20. The average Bonchev–Trinajstić information content (AvgIpc) is 2.88. The predicted octanol–water partition coefficient (Wildman–Crippen LogP) is 4.91. The van der Waals surface area contributed by atoms with Crippen LogP contribution in [0.5, 0.6) is 0 Å². The van der Waals surface area contributed by atoms with Crippen LogP contribution in [0.25, 0.3) is 10.9 Å². The number of benzene rings is 2. The minimum Gasteiger partial charge on any atom is -0.350 e. The summed E-state index contributed by atoms with van der Waals surface area (Å²) in [5.74, 6) is 0.579. The highest BCUT2D eigenvalue weighted by atomic mass is 79.9. The van der Waals surface area contributed by atoms with E-state index in [1.54, 1.807) is 0 Å². The number of carbonyl (C=O) groups is 1. The minimum absolute atomic E-state index is 0.140. The Balaban J connectivity index is 1.69. The van der Waals surface area contributed by atoms with Gasteiger partial charge in [0.25, 0.3) is 0 Å². The molecule has 0 aliphatic heterocycles. The molecule has 0 aliphatic rings. The Bertz CT molecular complexity index is 716. The number of rotatable bonds is 4. The summed E-state index contributed by atoms with van der Waals surface area (Å²) in [6.07, 6.45) is 0. The van der Waals surface area contributed by atoms with Crippen LogP contribution >= 0.6 is 27.7 Å². The number of halogens is 1. The number of carbonyl (C=O) groups excluding carboxylic acids is 1. The lowest BCUT2D eigenvalue weighted by atomic mass is 10.2. The van der Waals surface area contributed by atoms with Gasteiger partial charge in [0, 0.05) is 20.9 Å². The van der Waals surface area contributed by atoms with E-state index in [2.05, 4.69) is 33.0 Å². The summed E-state index contributed by atoms with van der Waals surface area (Å²) in [6, 6.07) is 17.7. The molecule has 0 saturated heterocycles. The van der Waals surface area contributed by atoms with Gasteiger partial charge in [-0.15, -0.1) is 11.8 Å². The SMILES string of the molecule is O=C(CSc1cc2ccccc2[nH]1)c1ccc(Br)cc1. The third kappa shape index (κ3) is 2.97. The van der Waals surface area contributed by atoms with E-state index >= 15 is 0 Å². The summed E-state index contributed by atoms with van der Waals surface area (Å²) in [6.45, 7) is 0. The third-order valence-electron chi connectivity index (χ3n) is 3.03. The maximum atomic E-state index is 12.1. The number of para-hydroxylation sites is 1.